The van der Waals surface area contributed by atoms with Crippen LogP contribution in [0.4, 0.5) is 5.69 Å². The first-order valence-electron chi connectivity index (χ1n) is 9.41. The molecule has 1 heterocycles. The SMILES string of the molecule is Cc1cc(C(C)C)cc2c1N[C@]1(C)CCC[C@H]3CCCC[C@@]231. The lowest BCUT2D eigenvalue weighted by atomic mass is 9.50. The maximum atomic E-state index is 4.04. The molecule has 0 amide bonds. The molecular formula is C21H31N. The van der Waals surface area contributed by atoms with E-state index in [-0.39, 0.29) is 0 Å². The normalized spacial score (nSPS) is 36.5. The quantitative estimate of drug-likeness (QED) is 0.679. The van der Waals surface area contributed by atoms with Crippen LogP contribution in [0.25, 0.3) is 0 Å². The zero-order valence-electron chi connectivity index (χ0n) is 14.8. The molecule has 1 aromatic carbocycles. The summed E-state index contributed by atoms with van der Waals surface area (Å²) in [7, 11) is 0. The Hall–Kier alpha value is -0.980. The van der Waals surface area contributed by atoms with Crippen LogP contribution in [0.15, 0.2) is 12.1 Å². The van der Waals surface area contributed by atoms with Gasteiger partial charge in [-0.3, -0.25) is 0 Å². The second-order valence-corrected chi connectivity index (χ2v) is 8.68. The highest BCUT2D eigenvalue weighted by atomic mass is 15.1. The Labute approximate surface area is 135 Å². The molecule has 0 saturated heterocycles. The Kier molecular flexibility index (Phi) is 3.16. The fraction of sp³-hybridized carbons (Fsp3) is 0.714. The van der Waals surface area contributed by atoms with Gasteiger partial charge in [0.2, 0.25) is 0 Å². The van der Waals surface area contributed by atoms with Crippen molar-refractivity contribution in [2.75, 3.05) is 5.32 Å². The molecule has 22 heavy (non-hydrogen) atoms. The topological polar surface area (TPSA) is 12.0 Å². The average molecular weight is 297 g/mol. The van der Waals surface area contributed by atoms with Crippen LogP contribution in [0.5, 0.6) is 0 Å². The van der Waals surface area contributed by atoms with Crippen molar-refractivity contribution in [3.8, 4) is 0 Å². The molecule has 1 aromatic rings. The van der Waals surface area contributed by atoms with E-state index in [0.717, 1.165) is 5.92 Å². The molecule has 0 bridgehead atoms. The van der Waals surface area contributed by atoms with E-state index in [1.165, 1.54) is 61.8 Å². The second kappa shape index (κ2) is 4.76. The molecule has 120 valence electrons. The zero-order chi connectivity index (χ0) is 15.5. The second-order valence-electron chi connectivity index (χ2n) is 8.68. The van der Waals surface area contributed by atoms with Crippen LogP contribution in [0.1, 0.15) is 88.3 Å². The molecule has 4 rings (SSSR count). The monoisotopic (exact) mass is 297 g/mol. The van der Waals surface area contributed by atoms with Crippen molar-refractivity contribution in [1.82, 2.24) is 0 Å². The number of aryl methyl sites for hydroxylation is 1. The van der Waals surface area contributed by atoms with Crippen LogP contribution >= 0.6 is 0 Å². The Bertz CT molecular complexity index is 600. The molecule has 3 atom stereocenters. The molecule has 1 heteroatoms. The summed E-state index contributed by atoms with van der Waals surface area (Å²) in [6.07, 6.45) is 9.89. The van der Waals surface area contributed by atoms with Crippen molar-refractivity contribution in [1.29, 1.82) is 0 Å². The zero-order valence-corrected chi connectivity index (χ0v) is 14.8. The molecule has 1 nitrogen and oxygen atoms in total. The summed E-state index contributed by atoms with van der Waals surface area (Å²) >= 11 is 0. The summed E-state index contributed by atoms with van der Waals surface area (Å²) in [6.45, 7) is 9.51. The number of anilines is 1. The van der Waals surface area contributed by atoms with Gasteiger partial charge in [0.15, 0.2) is 0 Å². The van der Waals surface area contributed by atoms with E-state index < -0.39 is 0 Å². The molecule has 2 aliphatic carbocycles. The van der Waals surface area contributed by atoms with Gasteiger partial charge in [-0.25, -0.2) is 0 Å². The lowest BCUT2D eigenvalue weighted by Gasteiger charge is -2.55. The third-order valence-electron chi connectivity index (χ3n) is 7.19. The molecule has 0 radical (unpaired) electrons. The molecule has 0 aromatic heterocycles. The van der Waals surface area contributed by atoms with Gasteiger partial charge in [-0.15, -0.1) is 0 Å². The van der Waals surface area contributed by atoms with Gasteiger partial charge in [0.25, 0.3) is 0 Å². The number of hydrogen-bond acceptors (Lipinski definition) is 1. The number of rotatable bonds is 1. The average Bonchev–Trinajstić information content (AvgIpc) is 2.75. The molecule has 1 spiro atoms. The van der Waals surface area contributed by atoms with Crippen LogP contribution in [-0.4, -0.2) is 5.54 Å². The van der Waals surface area contributed by atoms with E-state index in [2.05, 4.69) is 45.1 Å². The van der Waals surface area contributed by atoms with Gasteiger partial charge in [0.05, 0.1) is 0 Å². The lowest BCUT2D eigenvalue weighted by Crippen LogP contribution is -2.58. The molecule has 2 fully saturated rings. The standard InChI is InChI=1S/C21H31N/c1-14(2)16-12-15(3)19-18(13-16)21-11-6-5-8-17(21)9-7-10-20(21,4)22-19/h12-14,17,22H,5-11H2,1-4H3/t17-,20-,21+/m1/s1. The van der Waals surface area contributed by atoms with Crippen molar-refractivity contribution in [3.05, 3.63) is 28.8 Å². The highest BCUT2D eigenvalue weighted by molar-refractivity contribution is 5.70. The number of hydrogen-bond donors (Lipinski definition) is 1. The number of nitrogens with one attached hydrogen (secondary N) is 1. The largest absolute Gasteiger partial charge is 0.379 e. The molecule has 0 unspecified atom stereocenters. The van der Waals surface area contributed by atoms with E-state index >= 15 is 0 Å². The summed E-state index contributed by atoms with van der Waals surface area (Å²) in [6, 6.07) is 5.00. The first kappa shape index (κ1) is 14.6. The van der Waals surface area contributed by atoms with Crippen LogP contribution < -0.4 is 5.32 Å². The first-order chi connectivity index (χ1) is 10.5. The van der Waals surface area contributed by atoms with E-state index in [1.54, 1.807) is 5.56 Å². The summed E-state index contributed by atoms with van der Waals surface area (Å²) in [5.74, 6) is 1.52. The van der Waals surface area contributed by atoms with Crippen molar-refractivity contribution in [3.63, 3.8) is 0 Å². The van der Waals surface area contributed by atoms with Crippen LogP contribution in [0, 0.1) is 12.8 Å². The predicted octanol–water partition coefficient (Wildman–Crippen LogP) is 5.91. The minimum absolute atomic E-state index is 0.291. The van der Waals surface area contributed by atoms with Gasteiger partial charge in [-0.2, -0.15) is 0 Å². The van der Waals surface area contributed by atoms with E-state index in [0.29, 0.717) is 16.9 Å². The van der Waals surface area contributed by atoms with Crippen molar-refractivity contribution < 1.29 is 0 Å². The van der Waals surface area contributed by atoms with Gasteiger partial charge in [-0.1, -0.05) is 45.2 Å². The lowest BCUT2D eigenvalue weighted by molar-refractivity contribution is 0.0683. The van der Waals surface area contributed by atoms with Crippen molar-refractivity contribution in [2.45, 2.75) is 89.5 Å². The summed E-state index contributed by atoms with van der Waals surface area (Å²) in [4.78, 5) is 0. The summed E-state index contributed by atoms with van der Waals surface area (Å²) < 4.78 is 0. The first-order valence-corrected chi connectivity index (χ1v) is 9.41. The van der Waals surface area contributed by atoms with Gasteiger partial charge >= 0.3 is 0 Å². The van der Waals surface area contributed by atoms with Gasteiger partial charge < -0.3 is 5.32 Å². The van der Waals surface area contributed by atoms with E-state index in [9.17, 15) is 0 Å². The maximum absolute atomic E-state index is 4.04. The fourth-order valence-electron chi connectivity index (χ4n) is 6.06. The van der Waals surface area contributed by atoms with Gasteiger partial charge in [0, 0.05) is 16.6 Å². The van der Waals surface area contributed by atoms with Gasteiger partial charge in [0.1, 0.15) is 0 Å². The van der Waals surface area contributed by atoms with Gasteiger partial charge in [-0.05, 0) is 68.1 Å². The number of benzene rings is 1. The highest BCUT2D eigenvalue weighted by Gasteiger charge is 2.60. The third kappa shape index (κ3) is 1.71. The fourth-order valence-corrected chi connectivity index (χ4v) is 6.06. The Morgan fingerprint density at radius 2 is 1.86 bits per heavy atom. The smallest absolute Gasteiger partial charge is 0.0445 e. The minimum atomic E-state index is 0.291. The Balaban J connectivity index is 1.95. The molecule has 2 saturated carbocycles. The van der Waals surface area contributed by atoms with E-state index in [4.69, 9.17) is 0 Å². The minimum Gasteiger partial charge on any atom is -0.379 e. The highest BCUT2D eigenvalue weighted by Crippen LogP contribution is 2.63. The Morgan fingerprint density at radius 3 is 2.64 bits per heavy atom. The van der Waals surface area contributed by atoms with Crippen molar-refractivity contribution in [2.24, 2.45) is 5.92 Å². The van der Waals surface area contributed by atoms with Crippen LogP contribution in [0.2, 0.25) is 0 Å². The molecule has 1 aliphatic heterocycles. The Morgan fingerprint density at radius 1 is 1.09 bits per heavy atom. The maximum Gasteiger partial charge on any atom is 0.0445 e. The number of fused-ring (bicyclic) bond motifs is 1. The van der Waals surface area contributed by atoms with Crippen LogP contribution in [0.3, 0.4) is 0 Å². The predicted molar refractivity (Wildman–Crippen MR) is 94.8 cm³/mol. The summed E-state index contributed by atoms with van der Waals surface area (Å²) in [5.41, 5.74) is 6.87. The van der Waals surface area contributed by atoms with Crippen LogP contribution in [-0.2, 0) is 5.41 Å². The summed E-state index contributed by atoms with van der Waals surface area (Å²) in [5, 5.41) is 4.04. The molecular weight excluding hydrogens is 266 g/mol. The molecule has 3 aliphatic rings. The third-order valence-corrected chi connectivity index (χ3v) is 7.19. The van der Waals surface area contributed by atoms with E-state index in [1.807, 2.05) is 0 Å². The van der Waals surface area contributed by atoms with Crippen molar-refractivity contribution >= 4 is 5.69 Å². The molecule has 1 N–H and O–H groups in total.